The van der Waals surface area contributed by atoms with Crippen molar-refractivity contribution in [2.45, 2.75) is 0 Å². The van der Waals surface area contributed by atoms with Crippen molar-refractivity contribution in [3.8, 4) is 0 Å². The first-order valence-corrected chi connectivity index (χ1v) is 0.922. The molecule has 0 heterocycles. The summed E-state index contributed by atoms with van der Waals surface area (Å²) in [6.07, 6.45) is 0. The van der Waals surface area contributed by atoms with E-state index in [1.54, 1.807) is 0 Å². The number of hydrogen-bond donors (Lipinski definition) is 1. The minimum atomic E-state index is 0. The Labute approximate surface area is 61.6 Å². The Morgan fingerprint density at radius 3 is 0.800 bits per heavy atom. The van der Waals surface area contributed by atoms with Crippen LogP contribution in [0.4, 0.5) is 0 Å². The van der Waals surface area contributed by atoms with Gasteiger partial charge in [-0.3, -0.25) is 0 Å². The molecule has 1 N–H and O–H groups in total. The molecule has 0 amide bonds. The van der Waals surface area contributed by atoms with Crippen LogP contribution in [-0.2, 0) is 20.8 Å². The molecule has 0 saturated carbocycles. The standard InChI is InChI=1S/3ClH.H2O.Ti/h3*1H;1H2;/q;;;;+1/p-1. The van der Waals surface area contributed by atoms with Gasteiger partial charge in [-0.15, -0.1) is 37.2 Å². The van der Waals surface area contributed by atoms with Gasteiger partial charge in [0, 0.05) is 0 Å². The molecule has 0 saturated heterocycles. The van der Waals surface area contributed by atoms with Gasteiger partial charge in [-0.25, -0.2) is 0 Å². The van der Waals surface area contributed by atoms with Crippen LogP contribution in [0.3, 0.4) is 0 Å². The first-order valence-electron chi connectivity index (χ1n) is 0.224. The van der Waals surface area contributed by atoms with Gasteiger partial charge in [-0.2, -0.15) is 0 Å². The Hall–Kier alpha value is 1.54. The van der Waals surface area contributed by atoms with E-state index in [0.717, 1.165) is 20.8 Å². The predicted octanol–water partition coefficient (Wildman–Crippen LogP) is 0.706. The zero-order chi connectivity index (χ0) is 2.00. The first-order chi connectivity index (χ1) is 1.00. The minimum absolute atomic E-state index is 0. The molecule has 1 nitrogen and oxygen atoms in total. The molecule has 0 aliphatic carbocycles. The van der Waals surface area contributed by atoms with Crippen LogP contribution in [0.2, 0.25) is 0 Å². The summed E-state index contributed by atoms with van der Waals surface area (Å²) in [6, 6.07) is 0. The predicted molar refractivity (Wildman–Crippen MR) is 24.0 cm³/mol. The fraction of sp³-hybridized carbons (Fsp3) is 0. The summed E-state index contributed by atoms with van der Waals surface area (Å²) in [7, 11) is 0. The van der Waals surface area contributed by atoms with E-state index in [1.165, 1.54) is 0 Å². The summed E-state index contributed by atoms with van der Waals surface area (Å²) in [5, 5.41) is 0. The monoisotopic (exact) mass is 173 g/mol. The van der Waals surface area contributed by atoms with Crippen molar-refractivity contribution in [1.82, 2.24) is 0 Å². The summed E-state index contributed by atoms with van der Waals surface area (Å²) in [6.45, 7) is 0. The van der Waals surface area contributed by atoms with Crippen LogP contribution < -0.4 is 0 Å². The quantitative estimate of drug-likeness (QED) is 0.536. The van der Waals surface area contributed by atoms with E-state index in [2.05, 4.69) is 0 Å². The van der Waals surface area contributed by atoms with Gasteiger partial charge in [0.15, 0.2) is 0 Å². The average molecular weight is 174 g/mol. The van der Waals surface area contributed by atoms with Crippen LogP contribution >= 0.6 is 37.2 Å². The summed E-state index contributed by atoms with van der Waals surface area (Å²) >= 11 is 1.00. The van der Waals surface area contributed by atoms with Gasteiger partial charge in [-0.05, 0) is 0 Å². The van der Waals surface area contributed by atoms with Gasteiger partial charge in [0.25, 0.3) is 0 Å². The molecule has 0 rings (SSSR count). The Morgan fingerprint density at radius 1 is 0.800 bits per heavy atom. The maximum absolute atomic E-state index is 7.00. The second-order valence-electron chi connectivity index (χ2n) is 0. The second kappa shape index (κ2) is 48.0. The molecule has 0 bridgehead atoms. The van der Waals surface area contributed by atoms with Crippen LogP contribution in [0.5, 0.6) is 0 Å². The molecule has 5 heteroatoms. The molecule has 0 radical (unpaired) electrons. The summed E-state index contributed by atoms with van der Waals surface area (Å²) in [4.78, 5) is 0. The molecular formula is H4Cl3OTi. The number of rotatable bonds is 0. The van der Waals surface area contributed by atoms with Crippen molar-refractivity contribution < 1.29 is 24.5 Å². The van der Waals surface area contributed by atoms with Gasteiger partial charge >= 0.3 is 24.5 Å². The number of halogens is 3. The van der Waals surface area contributed by atoms with E-state index in [1.807, 2.05) is 0 Å². The average Bonchev–Trinajstić information content (AvgIpc) is 1.00. The van der Waals surface area contributed by atoms with Gasteiger partial charge in [0.2, 0.25) is 0 Å². The molecule has 35 valence electrons. The van der Waals surface area contributed by atoms with Crippen LogP contribution in [0, 0.1) is 0 Å². The molecule has 0 aliphatic heterocycles. The topological polar surface area (TPSA) is 20.2 Å². The summed E-state index contributed by atoms with van der Waals surface area (Å²) in [5.41, 5.74) is 0. The van der Waals surface area contributed by atoms with Crippen LogP contribution in [-0.4, -0.2) is 3.69 Å². The normalized spacial score (nSPS) is 0.800. The molecule has 5 heavy (non-hydrogen) atoms. The van der Waals surface area contributed by atoms with Crippen molar-refractivity contribution in [1.29, 1.82) is 0 Å². The molecule has 0 atom stereocenters. The van der Waals surface area contributed by atoms with Crippen LogP contribution in [0.1, 0.15) is 0 Å². The van der Waals surface area contributed by atoms with Crippen LogP contribution in [0.25, 0.3) is 0 Å². The first kappa shape index (κ1) is 31.1. The van der Waals surface area contributed by atoms with Crippen molar-refractivity contribution in [2.24, 2.45) is 0 Å². The van der Waals surface area contributed by atoms with Crippen molar-refractivity contribution in [3.63, 3.8) is 0 Å². The molecule has 0 aliphatic rings. The van der Waals surface area contributed by atoms with Crippen molar-refractivity contribution >= 4 is 37.2 Å². The fourth-order valence-electron chi connectivity index (χ4n) is 0. The third-order valence-corrected chi connectivity index (χ3v) is 0. The summed E-state index contributed by atoms with van der Waals surface area (Å²) < 4.78 is 7.00. The van der Waals surface area contributed by atoms with Gasteiger partial charge < -0.3 is 0 Å². The Morgan fingerprint density at radius 2 is 0.800 bits per heavy atom. The van der Waals surface area contributed by atoms with E-state index in [-0.39, 0.29) is 37.2 Å². The number of hydrogen-bond acceptors (Lipinski definition) is 1. The third-order valence-electron chi connectivity index (χ3n) is 0. The molecule has 0 aromatic carbocycles. The molecule has 0 fully saturated rings. The van der Waals surface area contributed by atoms with Crippen molar-refractivity contribution in [2.75, 3.05) is 0 Å². The third kappa shape index (κ3) is 29.2. The zero-order valence-corrected chi connectivity index (χ0v) is 6.18. The van der Waals surface area contributed by atoms with E-state index in [4.69, 9.17) is 3.69 Å². The van der Waals surface area contributed by atoms with E-state index in [0.29, 0.717) is 0 Å². The Bertz CT molecular complexity index is 6.85. The molecule has 0 aromatic heterocycles. The molecule has 0 unspecified atom stereocenters. The van der Waals surface area contributed by atoms with E-state index in [9.17, 15) is 0 Å². The van der Waals surface area contributed by atoms with Crippen molar-refractivity contribution in [3.05, 3.63) is 0 Å². The van der Waals surface area contributed by atoms with Crippen LogP contribution in [0.15, 0.2) is 0 Å². The fourth-order valence-corrected chi connectivity index (χ4v) is 0. The molecule has 0 aromatic rings. The maximum atomic E-state index is 7.00. The Kier molecular flexibility index (Phi) is 298. The van der Waals surface area contributed by atoms with Gasteiger partial charge in [-0.1, -0.05) is 0 Å². The Balaban J connectivity index is -0.00000000167. The SMILES string of the molecule is Cl.Cl.Cl.[OH][Ti]. The van der Waals surface area contributed by atoms with E-state index >= 15 is 0 Å². The molecular weight excluding hydrogens is 170 g/mol. The van der Waals surface area contributed by atoms with Gasteiger partial charge in [0.05, 0.1) is 0 Å². The zero-order valence-electron chi connectivity index (χ0n) is 2.17. The molecule has 0 spiro atoms. The van der Waals surface area contributed by atoms with E-state index < -0.39 is 0 Å². The second-order valence-corrected chi connectivity index (χ2v) is 0. The van der Waals surface area contributed by atoms with Gasteiger partial charge in [0.1, 0.15) is 0 Å². The summed E-state index contributed by atoms with van der Waals surface area (Å²) in [5.74, 6) is 0.